The van der Waals surface area contributed by atoms with Crippen LogP contribution in [0.3, 0.4) is 0 Å². The molecule has 126 valence electrons. The van der Waals surface area contributed by atoms with Crippen molar-refractivity contribution in [1.29, 1.82) is 0 Å². The first-order valence-corrected chi connectivity index (χ1v) is 9.66. The number of unbranched alkanes of at least 4 members (excludes halogenated alkanes) is 1. The fourth-order valence-corrected chi connectivity index (χ4v) is 4.97. The highest BCUT2D eigenvalue weighted by atomic mass is 16.5. The van der Waals surface area contributed by atoms with Crippen LogP contribution in [0.15, 0.2) is 60.7 Å². The molecule has 2 saturated heterocycles. The van der Waals surface area contributed by atoms with Gasteiger partial charge in [-0.3, -0.25) is 0 Å². The predicted octanol–water partition coefficient (Wildman–Crippen LogP) is 4.31. The maximum atomic E-state index is 7.01. The van der Waals surface area contributed by atoms with Crippen molar-refractivity contribution in [1.82, 2.24) is 0 Å². The van der Waals surface area contributed by atoms with Crippen LogP contribution in [0.5, 0.6) is 0 Å². The Morgan fingerprint density at radius 1 is 1.08 bits per heavy atom. The summed E-state index contributed by atoms with van der Waals surface area (Å²) in [5, 5.41) is 0. The van der Waals surface area contributed by atoms with Crippen LogP contribution in [0.1, 0.15) is 43.7 Å². The quantitative estimate of drug-likeness (QED) is 0.743. The summed E-state index contributed by atoms with van der Waals surface area (Å²) in [4.78, 5) is 0. The molecule has 2 atom stereocenters. The molecular formula is C21H26B2NO+. The average Bonchev–Trinajstić information content (AvgIpc) is 3.16. The van der Waals surface area contributed by atoms with E-state index in [9.17, 15) is 0 Å². The van der Waals surface area contributed by atoms with Gasteiger partial charge in [0.05, 0.1) is 6.04 Å². The second-order valence-electron chi connectivity index (χ2n) is 7.56. The molecular weight excluding hydrogens is 304 g/mol. The maximum Gasteiger partial charge on any atom is 0.553 e. The number of fused-ring (bicyclic) bond motifs is 1. The average molecular weight is 330 g/mol. The largest absolute Gasteiger partial charge is 0.553 e. The third kappa shape index (κ3) is 2.58. The lowest BCUT2D eigenvalue weighted by Gasteiger charge is -2.39. The van der Waals surface area contributed by atoms with Gasteiger partial charge in [-0.15, -0.1) is 0 Å². The standard InChI is InChI=1S/C21H26B2NO/c1-2-3-16-23-24(22)17-10-15-20(24)21(25-23,18-11-6-4-7-12-18)19-13-8-5-9-14-19/h4-9,11-14,20H,2-3,10,15-17H2,1H3/q+1/t20-,24-/m0/s1. The van der Waals surface area contributed by atoms with Crippen LogP contribution in [0.25, 0.3) is 0 Å². The van der Waals surface area contributed by atoms with Crippen molar-refractivity contribution >= 4 is 15.0 Å². The summed E-state index contributed by atoms with van der Waals surface area (Å²) in [5.41, 5.74) is 2.03. The van der Waals surface area contributed by atoms with Crippen LogP contribution < -0.4 is 0 Å². The van der Waals surface area contributed by atoms with E-state index in [0.29, 0.717) is 4.31 Å². The van der Waals surface area contributed by atoms with E-state index in [0.717, 1.165) is 25.7 Å². The third-order valence-electron chi connectivity index (χ3n) is 6.14. The minimum Gasteiger partial charge on any atom is -0.437 e. The highest BCUT2D eigenvalue weighted by Crippen LogP contribution is 2.52. The summed E-state index contributed by atoms with van der Waals surface area (Å²) < 4.78 is 7.51. The van der Waals surface area contributed by atoms with E-state index in [4.69, 9.17) is 12.6 Å². The molecule has 4 rings (SSSR count). The molecule has 0 amide bonds. The SMILES string of the molecule is [B][N@+]12CCC[C@H]1C(c1ccccc1)(c1ccccc1)OB2CCCC. The molecule has 0 N–H and O–H groups in total. The zero-order chi connectivity index (χ0) is 17.3. The zero-order valence-electron chi connectivity index (χ0n) is 15.1. The number of hydrogen-bond acceptors (Lipinski definition) is 1. The summed E-state index contributed by atoms with van der Waals surface area (Å²) in [6.07, 6.45) is 5.66. The highest BCUT2D eigenvalue weighted by molar-refractivity contribution is 6.49. The van der Waals surface area contributed by atoms with Gasteiger partial charge in [0, 0.05) is 19.3 Å². The lowest BCUT2D eigenvalue weighted by atomic mass is 9.68. The van der Waals surface area contributed by atoms with Gasteiger partial charge in [-0.05, 0) is 17.5 Å². The van der Waals surface area contributed by atoms with E-state index < -0.39 is 5.60 Å². The molecule has 0 aromatic heterocycles. The Morgan fingerprint density at radius 2 is 1.68 bits per heavy atom. The van der Waals surface area contributed by atoms with E-state index in [1.807, 2.05) is 0 Å². The van der Waals surface area contributed by atoms with Crippen LogP contribution in [0, 0.1) is 0 Å². The van der Waals surface area contributed by atoms with Crippen LogP contribution in [-0.4, -0.2) is 31.9 Å². The molecule has 2 heterocycles. The maximum absolute atomic E-state index is 7.01. The van der Waals surface area contributed by atoms with E-state index in [2.05, 4.69) is 67.6 Å². The molecule has 0 saturated carbocycles. The van der Waals surface area contributed by atoms with Crippen molar-refractivity contribution in [2.75, 3.05) is 6.54 Å². The highest BCUT2D eigenvalue weighted by Gasteiger charge is 2.67. The molecule has 25 heavy (non-hydrogen) atoms. The number of hydrogen-bond donors (Lipinski definition) is 0. The molecule has 2 fully saturated rings. The monoisotopic (exact) mass is 330 g/mol. The molecule has 2 aromatic rings. The first-order chi connectivity index (χ1) is 12.2. The molecule has 2 radical (unpaired) electrons. The van der Waals surface area contributed by atoms with Gasteiger partial charge in [0.15, 0.2) is 5.60 Å². The second-order valence-corrected chi connectivity index (χ2v) is 7.56. The Bertz CT molecular complexity index is 669. The Labute approximate surface area is 153 Å². The van der Waals surface area contributed by atoms with Gasteiger partial charge < -0.3 is 8.96 Å². The summed E-state index contributed by atoms with van der Waals surface area (Å²) in [5.74, 6) is 0. The van der Waals surface area contributed by atoms with Crippen molar-refractivity contribution in [3.05, 3.63) is 71.8 Å². The normalized spacial score (nSPS) is 27.4. The van der Waals surface area contributed by atoms with Crippen LogP contribution >= 0.6 is 0 Å². The molecule has 2 nitrogen and oxygen atoms in total. The molecule has 2 aliphatic rings. The van der Waals surface area contributed by atoms with Crippen molar-refractivity contribution < 1.29 is 8.96 Å². The lowest BCUT2D eigenvalue weighted by molar-refractivity contribution is -0.717. The van der Waals surface area contributed by atoms with Gasteiger partial charge in [0.1, 0.15) is 0 Å². The van der Waals surface area contributed by atoms with Crippen LogP contribution in [0.4, 0.5) is 0 Å². The number of nitrogens with zero attached hydrogens (tertiary/aromatic N) is 1. The summed E-state index contributed by atoms with van der Waals surface area (Å²) in [7, 11) is 7.09. The van der Waals surface area contributed by atoms with Gasteiger partial charge in [-0.2, -0.15) is 0 Å². The van der Waals surface area contributed by atoms with E-state index in [1.165, 1.54) is 24.0 Å². The van der Waals surface area contributed by atoms with Crippen molar-refractivity contribution in [3.63, 3.8) is 0 Å². The molecule has 4 heteroatoms. The summed E-state index contributed by atoms with van der Waals surface area (Å²) in [6, 6.07) is 21.7. The van der Waals surface area contributed by atoms with Crippen molar-refractivity contribution in [3.8, 4) is 0 Å². The second kappa shape index (κ2) is 6.66. The van der Waals surface area contributed by atoms with E-state index in [-0.39, 0.29) is 13.1 Å². The third-order valence-corrected chi connectivity index (χ3v) is 6.14. The molecule has 2 aromatic carbocycles. The van der Waals surface area contributed by atoms with Crippen LogP contribution in [-0.2, 0) is 10.3 Å². The van der Waals surface area contributed by atoms with Gasteiger partial charge in [-0.1, -0.05) is 80.4 Å². The molecule has 0 spiro atoms. The fourth-order valence-electron chi connectivity index (χ4n) is 4.97. The Morgan fingerprint density at radius 3 is 2.24 bits per heavy atom. The number of quaternary nitrogens is 1. The topological polar surface area (TPSA) is 9.23 Å². The van der Waals surface area contributed by atoms with Gasteiger partial charge in [0.25, 0.3) is 0 Å². The van der Waals surface area contributed by atoms with Gasteiger partial charge in [0.2, 0.25) is 0 Å². The van der Waals surface area contributed by atoms with Gasteiger partial charge in [-0.25, -0.2) is 0 Å². The van der Waals surface area contributed by atoms with Crippen molar-refractivity contribution in [2.45, 2.75) is 50.6 Å². The first kappa shape index (κ1) is 16.9. The van der Waals surface area contributed by atoms with E-state index in [1.54, 1.807) is 0 Å². The zero-order valence-corrected chi connectivity index (χ0v) is 15.1. The van der Waals surface area contributed by atoms with E-state index >= 15 is 0 Å². The summed E-state index contributed by atoms with van der Waals surface area (Å²) in [6.45, 7) is 3.25. The number of rotatable bonds is 5. The van der Waals surface area contributed by atoms with Gasteiger partial charge >= 0.3 is 15.0 Å². The Hall–Kier alpha value is -1.51. The Balaban J connectivity index is 1.87. The molecule has 0 aliphatic carbocycles. The predicted molar refractivity (Wildman–Crippen MR) is 104 cm³/mol. The Kier molecular flexibility index (Phi) is 4.51. The summed E-state index contributed by atoms with van der Waals surface area (Å²) >= 11 is 0. The lowest BCUT2D eigenvalue weighted by Crippen LogP contribution is -2.56. The van der Waals surface area contributed by atoms with Crippen molar-refractivity contribution in [2.24, 2.45) is 0 Å². The minimum absolute atomic E-state index is 0.0767. The smallest absolute Gasteiger partial charge is 0.437 e. The minimum atomic E-state index is -0.438. The number of benzene rings is 2. The molecule has 2 aliphatic heterocycles. The molecule has 0 bridgehead atoms. The van der Waals surface area contributed by atoms with Crippen LogP contribution in [0.2, 0.25) is 6.32 Å². The molecule has 0 unspecified atom stereocenters. The first-order valence-electron chi connectivity index (χ1n) is 9.66. The fraction of sp³-hybridized carbons (Fsp3) is 0.429.